The Balaban J connectivity index is 2.55. The summed E-state index contributed by atoms with van der Waals surface area (Å²) in [6, 6.07) is 1.09. The van der Waals surface area contributed by atoms with E-state index in [0.29, 0.717) is 33.7 Å². The quantitative estimate of drug-likeness (QED) is 0.440. The molecule has 0 aliphatic carbocycles. The minimum atomic E-state index is -4.78. The highest BCUT2D eigenvalue weighted by molar-refractivity contribution is 6.32. The molecule has 8 nitrogen and oxygen atoms in total. The molecule has 16 heteroatoms. The van der Waals surface area contributed by atoms with Gasteiger partial charge in [0.15, 0.2) is 11.6 Å². The highest BCUT2D eigenvalue weighted by Crippen LogP contribution is 2.32. The van der Waals surface area contributed by atoms with Crippen molar-refractivity contribution in [3.05, 3.63) is 77.1 Å². The maximum Gasteiger partial charge on any atom is 0.417 e. The van der Waals surface area contributed by atoms with Crippen molar-refractivity contribution in [2.45, 2.75) is 12.4 Å². The summed E-state index contributed by atoms with van der Waals surface area (Å²) in [6.45, 7) is 0. The van der Waals surface area contributed by atoms with E-state index in [-0.39, 0.29) is 0 Å². The molecule has 3 aromatic heterocycles. The van der Waals surface area contributed by atoms with Crippen molar-refractivity contribution in [1.29, 1.82) is 0 Å². The normalized spacial score (nSPS) is 13.3. The molecule has 204 valence electrons. The predicted octanol–water partition coefficient (Wildman–Crippen LogP) is 2.72. The molecule has 3 rings (SSSR count). The van der Waals surface area contributed by atoms with E-state index in [1.54, 1.807) is 0 Å². The van der Waals surface area contributed by atoms with Crippen molar-refractivity contribution in [3.63, 3.8) is 0 Å². The van der Waals surface area contributed by atoms with Crippen molar-refractivity contribution in [2.24, 2.45) is 0 Å². The van der Waals surface area contributed by atoms with E-state index in [4.69, 9.17) is 23.2 Å². The van der Waals surface area contributed by atoms with E-state index in [9.17, 15) is 35.9 Å². The summed E-state index contributed by atoms with van der Waals surface area (Å²) in [4.78, 5) is 37.6. The molecule has 0 saturated carbocycles. The van der Waals surface area contributed by atoms with Gasteiger partial charge in [0.2, 0.25) is 0 Å². The fourth-order valence-electron chi connectivity index (χ4n) is 3.28. The molecule has 0 aliphatic heterocycles. The Morgan fingerprint density at radius 1 is 0.711 bits per heavy atom. The number of hydrogen-bond acceptors (Lipinski definition) is 6. The number of aromatic nitrogens is 4. The average Bonchev–Trinajstić information content (AvgIpc) is 2.77. The summed E-state index contributed by atoms with van der Waals surface area (Å²) in [7, 11) is 5.96. The molecule has 0 bridgehead atoms. The molecule has 38 heavy (non-hydrogen) atoms. The van der Waals surface area contributed by atoms with Gasteiger partial charge in [-0.3, -0.25) is 18.7 Å². The molecule has 0 spiro atoms. The highest BCUT2D eigenvalue weighted by Gasteiger charge is 2.33. The lowest BCUT2D eigenvalue weighted by molar-refractivity contribution is -0.138. The van der Waals surface area contributed by atoms with Crippen LogP contribution in [0.25, 0.3) is 24.0 Å². The van der Waals surface area contributed by atoms with Gasteiger partial charge in [0, 0.05) is 53.0 Å². The van der Waals surface area contributed by atoms with Crippen LogP contribution in [-0.4, -0.2) is 57.1 Å². The second kappa shape index (κ2) is 10.3. The number of hydrogen-bond donors (Lipinski definition) is 0. The van der Waals surface area contributed by atoms with E-state index >= 15 is 0 Å². The average molecular weight is 583 g/mol. The van der Waals surface area contributed by atoms with Gasteiger partial charge >= 0.3 is 12.4 Å². The van der Waals surface area contributed by atoms with Gasteiger partial charge in [0.1, 0.15) is 10.7 Å². The Kier molecular flexibility index (Phi) is 7.89. The molecular formula is C22H18Cl2F6N6O2. The van der Waals surface area contributed by atoms with Gasteiger partial charge in [-0.15, -0.1) is 0 Å². The second-order valence-electron chi connectivity index (χ2n) is 8.29. The largest absolute Gasteiger partial charge is 0.417 e. The van der Waals surface area contributed by atoms with Gasteiger partial charge in [0.05, 0.1) is 21.2 Å². The third kappa shape index (κ3) is 5.80. The Bertz CT molecular complexity index is 1510. The molecule has 0 aliphatic rings. The minimum absolute atomic E-state index is 0.442. The first kappa shape index (κ1) is 29.0. The first-order valence-electron chi connectivity index (χ1n) is 10.3. The van der Waals surface area contributed by atoms with Crippen LogP contribution in [0.4, 0.5) is 26.3 Å². The molecule has 0 radical (unpaired) electrons. The van der Waals surface area contributed by atoms with Crippen LogP contribution in [0.15, 0.2) is 34.1 Å². The first-order chi connectivity index (χ1) is 17.4. The predicted molar refractivity (Wildman–Crippen MR) is 129 cm³/mol. The monoisotopic (exact) mass is 582 g/mol. The molecule has 0 unspecified atom stereocenters. The maximum atomic E-state index is 13.8. The van der Waals surface area contributed by atoms with Crippen LogP contribution in [0.3, 0.4) is 0 Å². The smallest absolute Gasteiger partial charge is 0.382 e. The van der Waals surface area contributed by atoms with Gasteiger partial charge in [-0.1, -0.05) is 23.2 Å². The number of alkyl halides is 6. The number of nitrogens with zero attached hydrogens (tertiary/aromatic N) is 6. The van der Waals surface area contributed by atoms with E-state index in [1.807, 2.05) is 0 Å². The first-order valence-corrected chi connectivity index (χ1v) is 11.1. The van der Waals surface area contributed by atoms with E-state index in [1.165, 1.54) is 38.0 Å². The molecule has 0 aromatic carbocycles. The SMILES string of the molecule is CN(C)C=c1c(=O)n(-c2ncc(C(F)(F)F)cc2Cl)c(=CN(C)C)c(=O)n1-c1ncc(C(F)(F)F)cc1Cl. The lowest BCUT2D eigenvalue weighted by atomic mass is 10.2. The van der Waals surface area contributed by atoms with E-state index in [0.717, 1.165) is 12.4 Å². The molecule has 0 N–H and O–H groups in total. The summed E-state index contributed by atoms with van der Waals surface area (Å²) < 4.78 is 80.3. The molecule has 0 atom stereocenters. The van der Waals surface area contributed by atoms with Gasteiger partial charge in [-0.25, -0.2) is 9.97 Å². The summed E-state index contributed by atoms with van der Waals surface area (Å²) in [5.74, 6) is -0.969. The molecule has 3 heterocycles. The highest BCUT2D eigenvalue weighted by atomic mass is 35.5. The Morgan fingerprint density at radius 3 is 1.26 bits per heavy atom. The van der Waals surface area contributed by atoms with Crippen LogP contribution in [0, 0.1) is 0 Å². The van der Waals surface area contributed by atoms with Crippen molar-refractivity contribution in [2.75, 3.05) is 28.2 Å². The van der Waals surface area contributed by atoms with Crippen molar-refractivity contribution in [1.82, 2.24) is 28.9 Å². The zero-order chi connectivity index (χ0) is 28.7. The second-order valence-corrected chi connectivity index (χ2v) is 9.11. The fraction of sp³-hybridized carbons (Fsp3) is 0.273. The van der Waals surface area contributed by atoms with Crippen LogP contribution in [0.2, 0.25) is 10.0 Å². The summed E-state index contributed by atoms with van der Waals surface area (Å²) in [6.07, 6.45) is -6.35. The molecule has 0 saturated heterocycles. The zero-order valence-electron chi connectivity index (χ0n) is 20.0. The van der Waals surface area contributed by atoms with Crippen molar-refractivity contribution < 1.29 is 26.3 Å². The van der Waals surface area contributed by atoms with E-state index < -0.39 is 67.0 Å². The van der Waals surface area contributed by atoms with Crippen LogP contribution in [0.1, 0.15) is 11.1 Å². The molecule has 3 aromatic rings. The third-order valence-electron chi connectivity index (χ3n) is 4.81. The van der Waals surface area contributed by atoms with Gasteiger partial charge in [-0.05, 0) is 12.1 Å². The summed E-state index contributed by atoms with van der Waals surface area (Å²) >= 11 is 12.2. The van der Waals surface area contributed by atoms with Crippen molar-refractivity contribution >= 4 is 35.6 Å². The Labute approximate surface area is 220 Å². The molecule has 0 fully saturated rings. The van der Waals surface area contributed by atoms with Crippen LogP contribution in [0.5, 0.6) is 0 Å². The van der Waals surface area contributed by atoms with Crippen LogP contribution in [-0.2, 0) is 12.4 Å². The van der Waals surface area contributed by atoms with Gasteiger partial charge in [-0.2, -0.15) is 26.3 Å². The van der Waals surface area contributed by atoms with Gasteiger partial charge < -0.3 is 9.80 Å². The lowest BCUT2D eigenvalue weighted by Gasteiger charge is -2.17. The van der Waals surface area contributed by atoms with Crippen LogP contribution >= 0.6 is 23.2 Å². The lowest BCUT2D eigenvalue weighted by Crippen LogP contribution is -2.58. The maximum absolute atomic E-state index is 13.8. The van der Waals surface area contributed by atoms with Gasteiger partial charge in [0.25, 0.3) is 11.1 Å². The summed E-state index contributed by atoms with van der Waals surface area (Å²) in [5.41, 5.74) is -4.38. The molecular weight excluding hydrogens is 565 g/mol. The summed E-state index contributed by atoms with van der Waals surface area (Å²) in [5, 5.41) is -2.06. The zero-order valence-corrected chi connectivity index (χ0v) is 21.5. The molecule has 0 amide bonds. The number of pyridine rings is 2. The topological polar surface area (TPSA) is 76.3 Å². The minimum Gasteiger partial charge on any atom is -0.382 e. The van der Waals surface area contributed by atoms with E-state index in [2.05, 4.69) is 9.97 Å². The van der Waals surface area contributed by atoms with Crippen LogP contribution < -0.4 is 21.8 Å². The Hall–Kier alpha value is -3.52. The number of halogens is 8. The van der Waals surface area contributed by atoms with Crippen molar-refractivity contribution in [3.8, 4) is 11.6 Å². The fourth-order valence-corrected chi connectivity index (χ4v) is 3.78. The third-order valence-corrected chi connectivity index (χ3v) is 5.37. The Morgan fingerprint density at radius 2 is 1.03 bits per heavy atom. The standard InChI is InChI=1S/C22H18Cl2F6N6O2/c1-33(2)9-15-19(37)36(18-14(24)6-12(8-32-18)22(28,29)30)16(10-34(3)4)20(38)35(15)17-13(23)5-11(7-31-17)21(25,26)27/h5-10H,1-4H3. The number of rotatable bonds is 4.